The van der Waals surface area contributed by atoms with Crippen LogP contribution in [0.4, 0.5) is 0 Å². The number of amides is 1. The van der Waals surface area contributed by atoms with Crippen molar-refractivity contribution in [2.75, 3.05) is 5.33 Å². The van der Waals surface area contributed by atoms with Gasteiger partial charge in [0.2, 0.25) is 0 Å². The molecule has 0 atom stereocenters. The molecule has 0 saturated heterocycles. The van der Waals surface area contributed by atoms with Gasteiger partial charge in [-0.3, -0.25) is 4.79 Å². The summed E-state index contributed by atoms with van der Waals surface area (Å²) in [5.74, 6) is 0.0290. The molecule has 1 aliphatic rings. The SMILES string of the molecule is Cc1ncsc1C(=O)NC1(CBr)CCCC1. The minimum atomic E-state index is -0.0342. The van der Waals surface area contributed by atoms with Crippen LogP contribution in [-0.2, 0) is 0 Å². The fourth-order valence-electron chi connectivity index (χ4n) is 2.16. The summed E-state index contributed by atoms with van der Waals surface area (Å²) < 4.78 is 0. The quantitative estimate of drug-likeness (QED) is 0.872. The van der Waals surface area contributed by atoms with Gasteiger partial charge >= 0.3 is 0 Å². The number of nitrogens with one attached hydrogen (secondary N) is 1. The van der Waals surface area contributed by atoms with E-state index in [0.717, 1.165) is 28.7 Å². The highest BCUT2D eigenvalue weighted by Crippen LogP contribution is 2.31. The number of hydrogen-bond acceptors (Lipinski definition) is 3. The Bertz CT molecular complexity index is 385. The number of halogens is 1. The van der Waals surface area contributed by atoms with Crippen molar-refractivity contribution in [1.29, 1.82) is 0 Å². The van der Waals surface area contributed by atoms with Crippen LogP contribution in [0.1, 0.15) is 41.0 Å². The second-order valence-electron chi connectivity index (χ2n) is 4.34. The number of carbonyl (C=O) groups excluding carboxylic acids is 1. The summed E-state index contributed by atoms with van der Waals surface area (Å²) >= 11 is 4.93. The van der Waals surface area contributed by atoms with Gasteiger partial charge in [0, 0.05) is 5.33 Å². The maximum absolute atomic E-state index is 12.1. The lowest BCUT2D eigenvalue weighted by Gasteiger charge is -2.27. The first-order valence-corrected chi connectivity index (χ1v) is 7.45. The molecule has 5 heteroatoms. The number of aryl methyl sites for hydroxylation is 1. The Morgan fingerprint density at radius 3 is 2.81 bits per heavy atom. The van der Waals surface area contributed by atoms with Crippen LogP contribution in [0, 0.1) is 6.92 Å². The van der Waals surface area contributed by atoms with Crippen LogP contribution >= 0.6 is 27.3 Å². The molecule has 0 unspecified atom stereocenters. The summed E-state index contributed by atoms with van der Waals surface area (Å²) in [5, 5.41) is 4.01. The van der Waals surface area contributed by atoms with Crippen LogP contribution in [0.3, 0.4) is 0 Å². The van der Waals surface area contributed by atoms with E-state index in [9.17, 15) is 4.79 Å². The molecule has 0 aromatic carbocycles. The van der Waals surface area contributed by atoms with Gasteiger partial charge in [0.15, 0.2) is 0 Å². The molecule has 1 saturated carbocycles. The number of carbonyl (C=O) groups is 1. The number of hydrogen-bond donors (Lipinski definition) is 1. The van der Waals surface area contributed by atoms with E-state index in [0.29, 0.717) is 0 Å². The number of nitrogens with zero attached hydrogens (tertiary/aromatic N) is 1. The van der Waals surface area contributed by atoms with Crippen molar-refractivity contribution in [1.82, 2.24) is 10.3 Å². The van der Waals surface area contributed by atoms with Crippen molar-refractivity contribution in [2.45, 2.75) is 38.1 Å². The molecule has 0 spiro atoms. The highest BCUT2D eigenvalue weighted by Gasteiger charge is 2.34. The first-order valence-electron chi connectivity index (χ1n) is 5.45. The third-order valence-electron chi connectivity index (χ3n) is 3.15. The lowest BCUT2D eigenvalue weighted by molar-refractivity contribution is 0.0914. The molecule has 0 radical (unpaired) electrons. The maximum Gasteiger partial charge on any atom is 0.263 e. The molecule has 16 heavy (non-hydrogen) atoms. The number of aromatic nitrogens is 1. The molecule has 1 aliphatic carbocycles. The van der Waals surface area contributed by atoms with Crippen molar-refractivity contribution in [3.05, 3.63) is 16.1 Å². The first-order chi connectivity index (χ1) is 7.67. The molecule has 1 fully saturated rings. The Balaban J connectivity index is 2.09. The summed E-state index contributed by atoms with van der Waals surface area (Å²) in [6.07, 6.45) is 4.55. The van der Waals surface area contributed by atoms with Crippen molar-refractivity contribution < 1.29 is 4.79 Å². The van der Waals surface area contributed by atoms with Crippen LogP contribution in [0.15, 0.2) is 5.51 Å². The normalized spacial score (nSPS) is 18.6. The maximum atomic E-state index is 12.1. The zero-order chi connectivity index (χ0) is 11.6. The second-order valence-corrected chi connectivity index (χ2v) is 5.76. The summed E-state index contributed by atoms with van der Waals surface area (Å²) in [4.78, 5) is 16.9. The van der Waals surface area contributed by atoms with E-state index >= 15 is 0 Å². The monoisotopic (exact) mass is 302 g/mol. The van der Waals surface area contributed by atoms with E-state index in [1.165, 1.54) is 24.2 Å². The molecule has 1 heterocycles. The minimum absolute atomic E-state index is 0.0290. The van der Waals surface area contributed by atoms with E-state index in [2.05, 4.69) is 26.2 Å². The van der Waals surface area contributed by atoms with Gasteiger partial charge in [-0.15, -0.1) is 11.3 Å². The Hall–Kier alpha value is -0.420. The zero-order valence-electron chi connectivity index (χ0n) is 9.25. The van der Waals surface area contributed by atoms with Crippen molar-refractivity contribution >= 4 is 33.2 Å². The fraction of sp³-hybridized carbons (Fsp3) is 0.636. The molecule has 3 nitrogen and oxygen atoms in total. The van der Waals surface area contributed by atoms with Crippen LogP contribution < -0.4 is 5.32 Å². The molecule has 1 aromatic rings. The van der Waals surface area contributed by atoms with Gasteiger partial charge in [-0.1, -0.05) is 28.8 Å². The second kappa shape index (κ2) is 4.84. The summed E-state index contributed by atoms with van der Waals surface area (Å²) in [6.45, 7) is 1.88. The first kappa shape index (κ1) is 12.0. The number of alkyl halides is 1. The molecule has 1 N–H and O–H groups in total. The third kappa shape index (κ3) is 2.30. The van der Waals surface area contributed by atoms with Gasteiger partial charge in [-0.2, -0.15) is 0 Å². The molecule has 1 aromatic heterocycles. The lowest BCUT2D eigenvalue weighted by Crippen LogP contribution is -2.47. The standard InChI is InChI=1S/C11H15BrN2OS/c1-8-9(16-7-13-8)10(15)14-11(6-12)4-2-3-5-11/h7H,2-6H2,1H3,(H,14,15). The van der Waals surface area contributed by atoms with Crippen LogP contribution in [0.2, 0.25) is 0 Å². The van der Waals surface area contributed by atoms with Gasteiger partial charge < -0.3 is 5.32 Å². The summed E-state index contributed by atoms with van der Waals surface area (Å²) in [5.41, 5.74) is 2.51. The van der Waals surface area contributed by atoms with E-state index in [1.54, 1.807) is 5.51 Å². The summed E-state index contributed by atoms with van der Waals surface area (Å²) in [6, 6.07) is 0. The van der Waals surface area contributed by atoms with Gasteiger partial charge in [0.1, 0.15) is 4.88 Å². The van der Waals surface area contributed by atoms with Gasteiger partial charge in [0.25, 0.3) is 5.91 Å². The predicted molar refractivity (Wildman–Crippen MR) is 69.3 cm³/mol. The molecule has 1 amide bonds. The Morgan fingerprint density at radius 1 is 1.62 bits per heavy atom. The number of rotatable bonds is 3. The van der Waals surface area contributed by atoms with Crippen LogP contribution in [-0.4, -0.2) is 21.8 Å². The van der Waals surface area contributed by atoms with Gasteiger partial charge in [0.05, 0.1) is 16.7 Å². The Labute approximate surface area is 108 Å². The van der Waals surface area contributed by atoms with E-state index in [-0.39, 0.29) is 11.4 Å². The van der Waals surface area contributed by atoms with Crippen molar-refractivity contribution in [3.8, 4) is 0 Å². The largest absolute Gasteiger partial charge is 0.345 e. The highest BCUT2D eigenvalue weighted by atomic mass is 79.9. The molecular formula is C11H15BrN2OS. The third-order valence-corrected chi connectivity index (χ3v) is 5.15. The topological polar surface area (TPSA) is 42.0 Å². The summed E-state index contributed by atoms with van der Waals surface area (Å²) in [7, 11) is 0. The van der Waals surface area contributed by atoms with Crippen molar-refractivity contribution in [3.63, 3.8) is 0 Å². The Kier molecular flexibility index (Phi) is 3.64. The van der Waals surface area contributed by atoms with Gasteiger partial charge in [-0.25, -0.2) is 4.98 Å². The molecular weight excluding hydrogens is 288 g/mol. The molecule has 2 rings (SSSR count). The zero-order valence-corrected chi connectivity index (χ0v) is 11.7. The average Bonchev–Trinajstić information content (AvgIpc) is 2.87. The molecule has 0 aliphatic heterocycles. The average molecular weight is 303 g/mol. The minimum Gasteiger partial charge on any atom is -0.345 e. The Morgan fingerprint density at radius 2 is 2.31 bits per heavy atom. The van der Waals surface area contributed by atoms with E-state index in [1.807, 2.05) is 6.92 Å². The molecule has 0 bridgehead atoms. The lowest BCUT2D eigenvalue weighted by atomic mass is 10.0. The highest BCUT2D eigenvalue weighted by molar-refractivity contribution is 9.09. The van der Waals surface area contributed by atoms with Crippen LogP contribution in [0.25, 0.3) is 0 Å². The van der Waals surface area contributed by atoms with Crippen molar-refractivity contribution in [2.24, 2.45) is 0 Å². The van der Waals surface area contributed by atoms with Crippen LogP contribution in [0.5, 0.6) is 0 Å². The van der Waals surface area contributed by atoms with E-state index in [4.69, 9.17) is 0 Å². The van der Waals surface area contributed by atoms with E-state index < -0.39 is 0 Å². The fourth-order valence-corrected chi connectivity index (χ4v) is 3.56. The predicted octanol–water partition coefficient (Wildman–Crippen LogP) is 2.89. The molecule has 88 valence electrons. The number of thiazole rings is 1. The smallest absolute Gasteiger partial charge is 0.263 e. The van der Waals surface area contributed by atoms with Gasteiger partial charge in [-0.05, 0) is 19.8 Å².